The van der Waals surface area contributed by atoms with Crippen molar-refractivity contribution in [3.63, 3.8) is 0 Å². The van der Waals surface area contributed by atoms with Gasteiger partial charge < -0.3 is 4.84 Å². The van der Waals surface area contributed by atoms with Crippen molar-refractivity contribution in [2.45, 2.75) is 19.4 Å². The summed E-state index contributed by atoms with van der Waals surface area (Å²) in [5.41, 5.74) is 4.22. The molecule has 1 N–H and O–H groups in total. The zero-order chi connectivity index (χ0) is 8.81. The van der Waals surface area contributed by atoms with Crippen LogP contribution in [0.3, 0.4) is 0 Å². The highest BCUT2D eigenvalue weighted by Crippen LogP contribution is 2.01. The predicted molar refractivity (Wildman–Crippen MR) is 57.0 cm³/mol. The third kappa shape index (κ3) is 4.88. The van der Waals surface area contributed by atoms with Gasteiger partial charge in [-0.1, -0.05) is 30.3 Å². The summed E-state index contributed by atoms with van der Waals surface area (Å²) in [6.07, 6.45) is 0.995. The molecule has 0 bridgehead atoms. The van der Waals surface area contributed by atoms with Crippen LogP contribution in [0.2, 0.25) is 0 Å². The van der Waals surface area contributed by atoms with Crippen molar-refractivity contribution in [3.8, 4) is 0 Å². The Bertz CT molecular complexity index is 215. The Morgan fingerprint density at radius 1 is 1.31 bits per heavy atom. The highest BCUT2D eigenvalue weighted by atomic mass is 35.5. The molecular formula is C10H16ClNO. The number of benzene rings is 1. The van der Waals surface area contributed by atoms with Crippen LogP contribution >= 0.6 is 12.4 Å². The monoisotopic (exact) mass is 201 g/mol. The van der Waals surface area contributed by atoms with E-state index < -0.39 is 0 Å². The zero-order valence-electron chi connectivity index (χ0n) is 7.99. The molecule has 0 fully saturated rings. The number of hydroxylamine groups is 1. The van der Waals surface area contributed by atoms with Gasteiger partial charge in [-0.05, 0) is 18.9 Å². The second kappa shape index (κ2) is 6.89. The van der Waals surface area contributed by atoms with E-state index in [1.807, 2.05) is 6.07 Å². The lowest BCUT2D eigenvalue weighted by Crippen LogP contribution is -2.26. The molecular weight excluding hydrogens is 186 g/mol. The third-order valence-electron chi connectivity index (χ3n) is 1.70. The summed E-state index contributed by atoms with van der Waals surface area (Å²) < 4.78 is 0. The maximum absolute atomic E-state index is 4.83. The van der Waals surface area contributed by atoms with Crippen molar-refractivity contribution in [1.29, 1.82) is 0 Å². The number of hydrogen-bond donors (Lipinski definition) is 1. The van der Waals surface area contributed by atoms with E-state index in [1.54, 1.807) is 7.11 Å². The van der Waals surface area contributed by atoms with Crippen LogP contribution < -0.4 is 5.48 Å². The van der Waals surface area contributed by atoms with Gasteiger partial charge in [0, 0.05) is 6.04 Å². The van der Waals surface area contributed by atoms with Crippen molar-refractivity contribution >= 4 is 12.4 Å². The van der Waals surface area contributed by atoms with Crippen molar-refractivity contribution in [1.82, 2.24) is 5.48 Å². The van der Waals surface area contributed by atoms with Crippen LogP contribution in [0.4, 0.5) is 0 Å². The molecule has 0 saturated carbocycles. The highest BCUT2D eigenvalue weighted by molar-refractivity contribution is 5.85. The standard InChI is InChI=1S/C10H15NO.ClH/c1-9(11-12-2)8-10-6-4-3-5-7-10;/h3-7,9,11H,8H2,1-2H3;1H. The summed E-state index contributed by atoms with van der Waals surface area (Å²) in [7, 11) is 1.64. The lowest BCUT2D eigenvalue weighted by Gasteiger charge is -2.10. The minimum Gasteiger partial charge on any atom is -0.305 e. The average molecular weight is 202 g/mol. The maximum atomic E-state index is 4.83. The van der Waals surface area contributed by atoms with Crippen LogP contribution in [-0.4, -0.2) is 13.2 Å². The van der Waals surface area contributed by atoms with Gasteiger partial charge in [-0.25, -0.2) is 0 Å². The van der Waals surface area contributed by atoms with E-state index in [4.69, 9.17) is 4.84 Å². The topological polar surface area (TPSA) is 21.3 Å². The third-order valence-corrected chi connectivity index (χ3v) is 1.70. The van der Waals surface area contributed by atoms with Crippen LogP contribution in [-0.2, 0) is 11.3 Å². The van der Waals surface area contributed by atoms with E-state index in [9.17, 15) is 0 Å². The minimum absolute atomic E-state index is 0. The largest absolute Gasteiger partial charge is 0.305 e. The van der Waals surface area contributed by atoms with Gasteiger partial charge in [0.1, 0.15) is 0 Å². The van der Waals surface area contributed by atoms with Gasteiger partial charge in [-0.2, -0.15) is 5.48 Å². The molecule has 1 aromatic carbocycles. The van der Waals surface area contributed by atoms with Gasteiger partial charge in [0.2, 0.25) is 0 Å². The maximum Gasteiger partial charge on any atom is 0.0572 e. The molecule has 74 valence electrons. The first-order valence-electron chi connectivity index (χ1n) is 4.15. The Kier molecular flexibility index (Phi) is 6.59. The Hall–Kier alpha value is -0.570. The van der Waals surface area contributed by atoms with E-state index >= 15 is 0 Å². The van der Waals surface area contributed by atoms with Crippen LogP contribution in [0, 0.1) is 0 Å². The number of hydrogen-bond acceptors (Lipinski definition) is 2. The Balaban J connectivity index is 0.00000144. The van der Waals surface area contributed by atoms with Gasteiger partial charge in [0.05, 0.1) is 7.11 Å². The molecule has 3 heteroatoms. The summed E-state index contributed by atoms with van der Waals surface area (Å²) in [5, 5.41) is 0. The summed E-state index contributed by atoms with van der Waals surface area (Å²) in [4.78, 5) is 4.83. The number of rotatable bonds is 4. The van der Waals surface area contributed by atoms with E-state index in [0.717, 1.165) is 6.42 Å². The summed E-state index contributed by atoms with van der Waals surface area (Å²) in [6, 6.07) is 10.7. The lowest BCUT2D eigenvalue weighted by molar-refractivity contribution is 0.0661. The Morgan fingerprint density at radius 2 is 1.92 bits per heavy atom. The molecule has 1 aromatic rings. The molecule has 0 aliphatic carbocycles. The SMILES string of the molecule is CONC(C)Cc1ccccc1.Cl. The molecule has 1 unspecified atom stereocenters. The highest BCUT2D eigenvalue weighted by Gasteiger charge is 2.00. The van der Waals surface area contributed by atoms with Crippen LogP contribution in [0.25, 0.3) is 0 Å². The molecule has 0 aromatic heterocycles. The lowest BCUT2D eigenvalue weighted by atomic mass is 10.1. The van der Waals surface area contributed by atoms with E-state index in [0.29, 0.717) is 6.04 Å². The van der Waals surface area contributed by atoms with Crippen LogP contribution in [0.5, 0.6) is 0 Å². The molecule has 1 rings (SSSR count). The number of halogens is 1. The van der Waals surface area contributed by atoms with Gasteiger partial charge in [-0.15, -0.1) is 12.4 Å². The smallest absolute Gasteiger partial charge is 0.0572 e. The Labute approximate surface area is 85.7 Å². The number of nitrogens with one attached hydrogen (secondary N) is 1. The zero-order valence-corrected chi connectivity index (χ0v) is 8.80. The quantitative estimate of drug-likeness (QED) is 0.755. The minimum atomic E-state index is 0. The molecule has 0 saturated heterocycles. The first-order chi connectivity index (χ1) is 5.83. The second-order valence-corrected chi connectivity index (χ2v) is 2.91. The van der Waals surface area contributed by atoms with E-state index in [-0.39, 0.29) is 12.4 Å². The average Bonchev–Trinajstić information content (AvgIpc) is 2.06. The molecule has 0 aliphatic heterocycles. The van der Waals surface area contributed by atoms with Gasteiger partial charge in [-0.3, -0.25) is 0 Å². The van der Waals surface area contributed by atoms with Crippen LogP contribution in [0.1, 0.15) is 12.5 Å². The normalized spacial score (nSPS) is 11.8. The van der Waals surface area contributed by atoms with E-state index in [2.05, 4.69) is 36.7 Å². The fraction of sp³-hybridized carbons (Fsp3) is 0.400. The molecule has 0 amide bonds. The molecule has 0 radical (unpaired) electrons. The van der Waals surface area contributed by atoms with Crippen molar-refractivity contribution in [2.24, 2.45) is 0 Å². The summed E-state index contributed by atoms with van der Waals surface area (Å²) in [6.45, 7) is 2.09. The fourth-order valence-electron chi connectivity index (χ4n) is 1.21. The van der Waals surface area contributed by atoms with Crippen molar-refractivity contribution < 1.29 is 4.84 Å². The summed E-state index contributed by atoms with van der Waals surface area (Å²) in [5.74, 6) is 0. The Morgan fingerprint density at radius 3 is 2.46 bits per heavy atom. The molecule has 0 heterocycles. The molecule has 0 aliphatic rings. The molecule has 0 spiro atoms. The van der Waals surface area contributed by atoms with Crippen molar-refractivity contribution in [2.75, 3.05) is 7.11 Å². The molecule has 1 atom stereocenters. The molecule has 2 nitrogen and oxygen atoms in total. The van der Waals surface area contributed by atoms with Gasteiger partial charge in [0.25, 0.3) is 0 Å². The summed E-state index contributed by atoms with van der Waals surface area (Å²) >= 11 is 0. The van der Waals surface area contributed by atoms with Gasteiger partial charge in [0.15, 0.2) is 0 Å². The molecule has 13 heavy (non-hydrogen) atoms. The van der Waals surface area contributed by atoms with Crippen molar-refractivity contribution in [3.05, 3.63) is 35.9 Å². The van der Waals surface area contributed by atoms with Gasteiger partial charge >= 0.3 is 0 Å². The van der Waals surface area contributed by atoms with Crippen LogP contribution in [0.15, 0.2) is 30.3 Å². The predicted octanol–water partition coefficient (Wildman–Crippen LogP) is 2.19. The second-order valence-electron chi connectivity index (χ2n) is 2.91. The first kappa shape index (κ1) is 12.4. The fourth-order valence-corrected chi connectivity index (χ4v) is 1.21. The van der Waals surface area contributed by atoms with E-state index in [1.165, 1.54) is 5.56 Å². The first-order valence-corrected chi connectivity index (χ1v) is 4.15.